The largest absolute Gasteiger partial charge is 0.445 e. The van der Waals surface area contributed by atoms with E-state index in [1.54, 1.807) is 0 Å². The highest BCUT2D eigenvalue weighted by Crippen LogP contribution is 2.37. The topological polar surface area (TPSA) is 21.6 Å². The normalized spacial score (nSPS) is 30.6. The third-order valence-electron chi connectivity index (χ3n) is 2.82. The molecule has 0 bridgehead atoms. The van der Waals surface area contributed by atoms with Crippen molar-refractivity contribution in [1.29, 1.82) is 0 Å². The van der Waals surface area contributed by atoms with Gasteiger partial charge in [0.1, 0.15) is 11.3 Å². The number of halogens is 2. The monoisotopic (exact) mass is 325 g/mol. The Morgan fingerprint density at radius 1 is 1.64 bits per heavy atom. The van der Waals surface area contributed by atoms with Gasteiger partial charge in [0.2, 0.25) is 0 Å². The molecule has 0 saturated heterocycles. The molecule has 1 aliphatic rings. The molecule has 2 atom stereocenters. The van der Waals surface area contributed by atoms with Crippen molar-refractivity contribution in [2.45, 2.75) is 39.7 Å². The van der Waals surface area contributed by atoms with Gasteiger partial charge in [-0.25, -0.2) is 4.99 Å². The van der Waals surface area contributed by atoms with Gasteiger partial charge in [0.15, 0.2) is 5.90 Å². The molecule has 1 rings (SSSR count). The predicted molar refractivity (Wildman–Crippen MR) is 69.4 cm³/mol. The van der Waals surface area contributed by atoms with Gasteiger partial charge >= 0.3 is 0 Å². The third-order valence-corrected chi connectivity index (χ3v) is 3.23. The Bertz CT molecular complexity index is 263. The van der Waals surface area contributed by atoms with Crippen molar-refractivity contribution in [3.63, 3.8) is 0 Å². The second-order valence-corrected chi connectivity index (χ2v) is 4.12. The molecule has 0 aromatic carbocycles. The lowest BCUT2D eigenvalue weighted by Gasteiger charge is -2.26. The maximum atomic E-state index is 5.51. The summed E-state index contributed by atoms with van der Waals surface area (Å²) in [7, 11) is 0. The highest BCUT2D eigenvalue weighted by atomic mass is 79.9. The number of hydrogen-bond donors (Lipinski definition) is 0. The zero-order chi connectivity index (χ0) is 10.1. The van der Waals surface area contributed by atoms with Gasteiger partial charge in [-0.1, -0.05) is 36.2 Å². The first-order chi connectivity index (χ1) is 6.04. The molecule has 0 amide bonds. The van der Waals surface area contributed by atoms with Crippen LogP contribution in [-0.4, -0.2) is 11.4 Å². The number of ether oxygens (including phenoxy) is 1. The summed E-state index contributed by atoms with van der Waals surface area (Å²) in [5, 5.41) is 0. The van der Waals surface area contributed by atoms with Crippen LogP contribution in [0.1, 0.15) is 34.1 Å². The molecule has 4 heteroatoms. The summed E-state index contributed by atoms with van der Waals surface area (Å²) in [6, 6.07) is 0. The van der Waals surface area contributed by atoms with Crippen LogP contribution >= 0.6 is 32.9 Å². The molecule has 2 unspecified atom stereocenters. The molecule has 0 spiro atoms. The van der Waals surface area contributed by atoms with E-state index in [1.165, 1.54) is 0 Å². The minimum atomic E-state index is -0.178. The Balaban J connectivity index is 0.00000169. The molecule has 0 aromatic rings. The molecule has 0 aliphatic carbocycles. The Kier molecular flexibility index (Phi) is 5.37. The van der Waals surface area contributed by atoms with Crippen LogP contribution in [0.3, 0.4) is 0 Å². The Labute approximate surface area is 105 Å². The Hall–Kier alpha value is 0.170. The van der Waals surface area contributed by atoms with Gasteiger partial charge < -0.3 is 4.74 Å². The zero-order valence-electron chi connectivity index (χ0n) is 9.00. The van der Waals surface area contributed by atoms with E-state index in [1.807, 2.05) is 11.9 Å². The molecule has 0 fully saturated rings. The SMILES string of the molecule is Br.CCC(C)C1(C)N=C(C)OC1=CBr. The number of aliphatic imine (C=N–C) groups is 1. The molecule has 1 heterocycles. The van der Waals surface area contributed by atoms with Crippen LogP contribution in [0.4, 0.5) is 0 Å². The summed E-state index contributed by atoms with van der Waals surface area (Å²) < 4.78 is 5.51. The standard InChI is InChI=1S/C10H16BrNO.BrH/c1-5-7(2)10(4)9(6-11)13-8(3)12-10;/h6-7H,5H2,1-4H3;1H. The average molecular weight is 327 g/mol. The van der Waals surface area contributed by atoms with Gasteiger partial charge in [-0.3, -0.25) is 0 Å². The van der Waals surface area contributed by atoms with Crippen LogP contribution in [0.2, 0.25) is 0 Å². The fourth-order valence-corrected chi connectivity index (χ4v) is 2.11. The van der Waals surface area contributed by atoms with Crippen LogP contribution in [0.25, 0.3) is 0 Å². The first kappa shape index (κ1) is 14.2. The maximum absolute atomic E-state index is 5.51. The smallest absolute Gasteiger partial charge is 0.187 e. The van der Waals surface area contributed by atoms with Crippen LogP contribution in [-0.2, 0) is 4.74 Å². The molecule has 0 saturated carbocycles. The fourth-order valence-electron chi connectivity index (χ4n) is 1.55. The highest BCUT2D eigenvalue weighted by molar-refractivity contribution is 9.11. The average Bonchev–Trinajstić information content (AvgIpc) is 2.40. The van der Waals surface area contributed by atoms with Crippen molar-refractivity contribution in [1.82, 2.24) is 0 Å². The second-order valence-electron chi connectivity index (χ2n) is 3.66. The Morgan fingerprint density at radius 3 is 2.64 bits per heavy atom. The van der Waals surface area contributed by atoms with E-state index in [0.717, 1.165) is 18.1 Å². The van der Waals surface area contributed by atoms with Crippen LogP contribution in [0, 0.1) is 5.92 Å². The van der Waals surface area contributed by atoms with Crippen molar-refractivity contribution in [2.75, 3.05) is 0 Å². The van der Waals surface area contributed by atoms with E-state index in [4.69, 9.17) is 4.74 Å². The lowest BCUT2D eigenvalue weighted by Crippen LogP contribution is -2.30. The highest BCUT2D eigenvalue weighted by Gasteiger charge is 2.40. The van der Waals surface area contributed by atoms with Crippen LogP contribution < -0.4 is 0 Å². The van der Waals surface area contributed by atoms with E-state index < -0.39 is 0 Å². The molecule has 0 radical (unpaired) electrons. The summed E-state index contributed by atoms with van der Waals surface area (Å²) in [6.45, 7) is 8.38. The van der Waals surface area contributed by atoms with Gasteiger partial charge in [0.25, 0.3) is 0 Å². The summed E-state index contributed by atoms with van der Waals surface area (Å²) in [5.74, 6) is 2.17. The van der Waals surface area contributed by atoms with Crippen molar-refractivity contribution in [3.8, 4) is 0 Å². The summed E-state index contributed by atoms with van der Waals surface area (Å²) in [5.41, 5.74) is -0.178. The quantitative estimate of drug-likeness (QED) is 0.750. The molecule has 2 nitrogen and oxygen atoms in total. The minimum Gasteiger partial charge on any atom is -0.445 e. The molecular weight excluding hydrogens is 310 g/mol. The van der Waals surface area contributed by atoms with Gasteiger partial charge in [-0.2, -0.15) is 0 Å². The van der Waals surface area contributed by atoms with E-state index in [9.17, 15) is 0 Å². The number of rotatable bonds is 2. The molecule has 0 N–H and O–H groups in total. The predicted octanol–water partition coefficient (Wildman–Crippen LogP) is 4.05. The van der Waals surface area contributed by atoms with Crippen LogP contribution in [0.15, 0.2) is 15.7 Å². The van der Waals surface area contributed by atoms with E-state index in [-0.39, 0.29) is 22.5 Å². The molecule has 0 aromatic heterocycles. The molecular formula is C10H17Br2NO. The molecule has 82 valence electrons. The number of nitrogens with zero attached hydrogens (tertiary/aromatic N) is 1. The van der Waals surface area contributed by atoms with Crippen molar-refractivity contribution in [2.24, 2.45) is 10.9 Å². The van der Waals surface area contributed by atoms with E-state index in [2.05, 4.69) is 41.7 Å². The van der Waals surface area contributed by atoms with E-state index >= 15 is 0 Å². The van der Waals surface area contributed by atoms with Gasteiger partial charge in [0.05, 0.1) is 0 Å². The van der Waals surface area contributed by atoms with Gasteiger partial charge in [-0.05, 0) is 12.8 Å². The minimum absolute atomic E-state index is 0. The van der Waals surface area contributed by atoms with Crippen molar-refractivity contribution >= 4 is 38.8 Å². The lowest BCUT2D eigenvalue weighted by molar-refractivity contribution is 0.292. The van der Waals surface area contributed by atoms with Gasteiger partial charge in [0, 0.05) is 11.9 Å². The summed E-state index contributed by atoms with van der Waals surface area (Å²) >= 11 is 3.32. The first-order valence-corrected chi connectivity index (χ1v) is 5.51. The molecule has 14 heavy (non-hydrogen) atoms. The third kappa shape index (κ3) is 2.40. The fraction of sp³-hybridized carbons (Fsp3) is 0.700. The van der Waals surface area contributed by atoms with Gasteiger partial charge in [-0.15, -0.1) is 17.0 Å². The van der Waals surface area contributed by atoms with Crippen molar-refractivity contribution < 1.29 is 4.74 Å². The summed E-state index contributed by atoms with van der Waals surface area (Å²) in [4.78, 5) is 6.37. The van der Waals surface area contributed by atoms with E-state index in [0.29, 0.717) is 5.92 Å². The zero-order valence-corrected chi connectivity index (χ0v) is 12.3. The second kappa shape index (κ2) is 5.31. The lowest BCUT2D eigenvalue weighted by atomic mass is 9.85. The van der Waals surface area contributed by atoms with Crippen molar-refractivity contribution in [3.05, 3.63) is 10.7 Å². The number of hydrogen-bond acceptors (Lipinski definition) is 2. The summed E-state index contributed by atoms with van der Waals surface area (Å²) in [6.07, 6.45) is 1.10. The molecule has 1 aliphatic heterocycles. The first-order valence-electron chi connectivity index (χ1n) is 4.59. The maximum Gasteiger partial charge on any atom is 0.187 e. The Morgan fingerprint density at radius 2 is 2.21 bits per heavy atom. The van der Waals surface area contributed by atoms with Crippen LogP contribution in [0.5, 0.6) is 0 Å².